The zero-order valence-electron chi connectivity index (χ0n) is 11.5. The monoisotopic (exact) mass is 317 g/mol. The van der Waals surface area contributed by atoms with Crippen LogP contribution in [-0.4, -0.2) is 25.5 Å². The highest BCUT2D eigenvalue weighted by Gasteiger charge is 2.21. The largest absolute Gasteiger partial charge is 0.350 e. The van der Waals surface area contributed by atoms with Crippen LogP contribution >= 0.6 is 11.6 Å². The average molecular weight is 318 g/mol. The predicted molar refractivity (Wildman–Crippen MR) is 72.0 cm³/mol. The van der Waals surface area contributed by atoms with E-state index in [9.17, 15) is 13.6 Å². The molecule has 0 fully saturated rings. The van der Waals surface area contributed by atoms with Crippen molar-refractivity contribution >= 4 is 17.5 Å². The normalized spacial score (nSPS) is 11.1. The van der Waals surface area contributed by atoms with E-state index >= 15 is 0 Å². The minimum atomic E-state index is -2.77. The van der Waals surface area contributed by atoms with Crippen molar-refractivity contribution in [1.29, 1.82) is 0 Å². The van der Waals surface area contributed by atoms with Crippen LogP contribution in [0.15, 0.2) is 12.4 Å². The molecule has 0 saturated carbocycles. The molecule has 9 heteroatoms. The second kappa shape index (κ2) is 6.21. The van der Waals surface area contributed by atoms with E-state index in [2.05, 4.69) is 15.5 Å². The number of alkyl halides is 2. The number of nitrogens with zero attached hydrogens (tertiary/aromatic N) is 4. The van der Waals surface area contributed by atoms with Crippen molar-refractivity contribution in [2.24, 2.45) is 7.05 Å². The Morgan fingerprint density at radius 3 is 2.76 bits per heavy atom. The molecule has 0 saturated heterocycles. The highest BCUT2D eigenvalue weighted by molar-refractivity contribution is 6.31. The summed E-state index contributed by atoms with van der Waals surface area (Å²) in [7, 11) is 1.77. The van der Waals surface area contributed by atoms with Gasteiger partial charge in [0, 0.05) is 25.4 Å². The summed E-state index contributed by atoms with van der Waals surface area (Å²) in [6.07, 6.45) is 0.632. The number of carbonyl (C=O) groups is 1. The van der Waals surface area contributed by atoms with Crippen molar-refractivity contribution in [3.05, 3.63) is 34.4 Å². The van der Waals surface area contributed by atoms with Crippen LogP contribution in [0, 0.1) is 6.92 Å². The van der Waals surface area contributed by atoms with Crippen LogP contribution in [0.5, 0.6) is 0 Å². The summed E-state index contributed by atoms with van der Waals surface area (Å²) < 4.78 is 28.1. The number of rotatable bonds is 5. The smallest absolute Gasteiger partial charge is 0.283 e. The zero-order chi connectivity index (χ0) is 15.6. The Morgan fingerprint density at radius 2 is 2.24 bits per heavy atom. The van der Waals surface area contributed by atoms with Crippen LogP contribution in [0.3, 0.4) is 0 Å². The molecule has 0 spiro atoms. The van der Waals surface area contributed by atoms with Crippen molar-refractivity contribution in [3.8, 4) is 0 Å². The summed E-state index contributed by atoms with van der Waals surface area (Å²) in [4.78, 5) is 11.8. The third-order valence-electron chi connectivity index (χ3n) is 2.91. The lowest BCUT2D eigenvalue weighted by Crippen LogP contribution is -2.27. The fraction of sp³-hybridized carbons (Fsp3) is 0.417. The maximum atomic E-state index is 12.7. The van der Waals surface area contributed by atoms with E-state index in [1.807, 2.05) is 0 Å². The van der Waals surface area contributed by atoms with Gasteiger partial charge in [0.2, 0.25) is 5.91 Å². The minimum Gasteiger partial charge on any atom is -0.350 e. The molecule has 2 aromatic rings. The molecule has 2 aromatic heterocycles. The quantitative estimate of drug-likeness (QED) is 0.915. The lowest BCUT2D eigenvalue weighted by atomic mass is 10.3. The molecule has 0 bridgehead atoms. The molecule has 1 N–H and O–H groups in total. The Bertz CT molecular complexity index is 652. The van der Waals surface area contributed by atoms with Gasteiger partial charge >= 0.3 is 0 Å². The Hall–Kier alpha value is -1.96. The van der Waals surface area contributed by atoms with Gasteiger partial charge < -0.3 is 5.32 Å². The first-order valence-electron chi connectivity index (χ1n) is 6.13. The molecule has 1 amide bonds. The molecule has 2 rings (SSSR count). The van der Waals surface area contributed by atoms with E-state index in [1.54, 1.807) is 24.1 Å². The lowest BCUT2D eigenvalue weighted by molar-refractivity contribution is -0.122. The van der Waals surface area contributed by atoms with Gasteiger partial charge in [0.25, 0.3) is 6.43 Å². The molecule has 0 radical (unpaired) electrons. The molecule has 2 heterocycles. The van der Waals surface area contributed by atoms with Gasteiger partial charge in [0.15, 0.2) is 0 Å². The number of hydrogen-bond donors (Lipinski definition) is 1. The first kappa shape index (κ1) is 15.4. The van der Waals surface area contributed by atoms with Crippen molar-refractivity contribution in [2.75, 3.05) is 0 Å². The number of halogens is 3. The number of aromatic nitrogens is 4. The average Bonchev–Trinajstić information content (AvgIpc) is 2.95. The Balaban J connectivity index is 1.98. The van der Waals surface area contributed by atoms with Crippen molar-refractivity contribution < 1.29 is 13.6 Å². The van der Waals surface area contributed by atoms with E-state index in [0.717, 1.165) is 5.56 Å². The maximum Gasteiger partial charge on any atom is 0.283 e. The van der Waals surface area contributed by atoms with Gasteiger partial charge in [-0.25, -0.2) is 8.78 Å². The van der Waals surface area contributed by atoms with E-state index in [1.165, 1.54) is 11.6 Å². The van der Waals surface area contributed by atoms with Gasteiger partial charge in [-0.1, -0.05) is 11.6 Å². The number of carbonyl (C=O) groups excluding carboxylic acids is 1. The molecule has 0 aliphatic heterocycles. The fourth-order valence-electron chi connectivity index (χ4n) is 1.80. The SMILES string of the molecule is Cc1c(Cl)c(C(F)F)nn1CC(=O)NCc1cnn(C)c1. The molecule has 0 aliphatic carbocycles. The van der Waals surface area contributed by atoms with Crippen LogP contribution in [0.25, 0.3) is 0 Å². The number of hydrogen-bond acceptors (Lipinski definition) is 3. The fourth-order valence-corrected chi connectivity index (χ4v) is 2.01. The predicted octanol–water partition coefficient (Wildman–Crippen LogP) is 1.83. The highest BCUT2D eigenvalue weighted by atomic mass is 35.5. The third kappa shape index (κ3) is 3.57. The standard InChI is InChI=1S/C12H14ClF2N5O/c1-7-10(13)11(12(14)15)18-20(7)6-9(21)16-3-8-4-17-19(2)5-8/h4-5,12H,3,6H2,1-2H3,(H,16,21). The molecule has 0 atom stereocenters. The van der Waals surface area contributed by atoms with Gasteiger partial charge in [-0.05, 0) is 6.92 Å². The van der Waals surface area contributed by atoms with Crippen LogP contribution in [0.2, 0.25) is 5.02 Å². The van der Waals surface area contributed by atoms with Crippen LogP contribution in [0.1, 0.15) is 23.4 Å². The second-order valence-electron chi connectivity index (χ2n) is 4.54. The lowest BCUT2D eigenvalue weighted by Gasteiger charge is -2.05. The topological polar surface area (TPSA) is 64.7 Å². The van der Waals surface area contributed by atoms with Gasteiger partial charge in [-0.2, -0.15) is 10.2 Å². The maximum absolute atomic E-state index is 12.7. The van der Waals surface area contributed by atoms with E-state index < -0.39 is 12.1 Å². The van der Waals surface area contributed by atoms with Crippen LogP contribution in [-0.2, 0) is 24.9 Å². The Morgan fingerprint density at radius 1 is 1.52 bits per heavy atom. The van der Waals surface area contributed by atoms with Crippen LogP contribution < -0.4 is 5.32 Å². The summed E-state index contributed by atoms with van der Waals surface area (Å²) >= 11 is 5.76. The number of amides is 1. The molecule has 0 aromatic carbocycles. The first-order chi connectivity index (χ1) is 9.88. The number of nitrogens with one attached hydrogen (secondary N) is 1. The first-order valence-corrected chi connectivity index (χ1v) is 6.51. The molecule has 0 unspecified atom stereocenters. The van der Waals surface area contributed by atoms with Crippen LogP contribution in [0.4, 0.5) is 8.78 Å². The van der Waals surface area contributed by atoms with E-state index in [0.29, 0.717) is 12.2 Å². The van der Waals surface area contributed by atoms with Gasteiger partial charge in [-0.15, -0.1) is 0 Å². The van der Waals surface area contributed by atoms with Gasteiger partial charge in [-0.3, -0.25) is 14.2 Å². The summed E-state index contributed by atoms with van der Waals surface area (Å²) in [5, 5.41) is 10.2. The molecule has 6 nitrogen and oxygen atoms in total. The molecule has 114 valence electrons. The van der Waals surface area contributed by atoms with Gasteiger partial charge in [0.05, 0.1) is 16.9 Å². The Labute approximate surface area is 124 Å². The number of aryl methyl sites for hydroxylation is 1. The third-order valence-corrected chi connectivity index (χ3v) is 3.37. The summed E-state index contributed by atoms with van der Waals surface area (Å²) in [6.45, 7) is 1.68. The summed E-state index contributed by atoms with van der Waals surface area (Å²) in [5.41, 5.74) is 0.673. The molecular weight excluding hydrogens is 304 g/mol. The van der Waals surface area contributed by atoms with Crippen molar-refractivity contribution in [1.82, 2.24) is 24.9 Å². The molecule has 21 heavy (non-hydrogen) atoms. The van der Waals surface area contributed by atoms with E-state index in [4.69, 9.17) is 11.6 Å². The van der Waals surface area contributed by atoms with E-state index in [-0.39, 0.29) is 17.5 Å². The Kier molecular flexibility index (Phi) is 4.56. The van der Waals surface area contributed by atoms with Crippen molar-refractivity contribution in [2.45, 2.75) is 26.4 Å². The minimum absolute atomic E-state index is 0.106. The molecular formula is C12H14ClF2N5O. The zero-order valence-corrected chi connectivity index (χ0v) is 12.2. The summed E-state index contributed by atoms with van der Waals surface area (Å²) in [5.74, 6) is -0.345. The highest BCUT2D eigenvalue weighted by Crippen LogP contribution is 2.28. The summed E-state index contributed by atoms with van der Waals surface area (Å²) in [6, 6.07) is 0. The van der Waals surface area contributed by atoms with Crippen molar-refractivity contribution in [3.63, 3.8) is 0 Å². The van der Waals surface area contributed by atoms with Gasteiger partial charge in [0.1, 0.15) is 12.2 Å². The second-order valence-corrected chi connectivity index (χ2v) is 4.92. The molecule has 0 aliphatic rings.